The minimum Gasteiger partial charge on any atom is -0.303 e. The van der Waals surface area contributed by atoms with E-state index in [0.29, 0.717) is 11.2 Å². The average Bonchev–Trinajstić information content (AvgIpc) is 2.39. The third-order valence-electron chi connectivity index (χ3n) is 3.01. The van der Waals surface area contributed by atoms with Gasteiger partial charge in [-0.3, -0.25) is 0 Å². The smallest absolute Gasteiger partial charge is 0.129 e. The second kappa shape index (κ2) is 4.92. The van der Waals surface area contributed by atoms with Crippen molar-refractivity contribution < 1.29 is 4.79 Å². The molecule has 1 aliphatic rings. The number of rotatable bonds is 5. The Kier molecular flexibility index (Phi) is 4.11. The summed E-state index contributed by atoms with van der Waals surface area (Å²) >= 11 is 0. The number of nitrogens with zero attached hydrogens (tertiary/aromatic N) is 1. The van der Waals surface area contributed by atoms with Gasteiger partial charge in [-0.05, 0) is 44.7 Å². The molecule has 1 saturated heterocycles. The number of ketones is 1. The van der Waals surface area contributed by atoms with Crippen LogP contribution in [0.1, 0.15) is 46.5 Å². The Morgan fingerprint density at radius 2 is 2.07 bits per heavy atom. The van der Waals surface area contributed by atoms with Crippen LogP contribution in [0, 0.1) is 5.41 Å². The third-order valence-corrected chi connectivity index (χ3v) is 3.01. The lowest BCUT2D eigenvalue weighted by atomic mass is 9.93. The average molecular weight is 197 g/mol. The molecule has 1 rings (SSSR count). The Bertz CT molecular complexity index is 198. The van der Waals surface area contributed by atoms with E-state index >= 15 is 0 Å². The predicted octanol–water partition coefficient (Wildman–Crippen LogP) is 2.48. The summed E-state index contributed by atoms with van der Waals surface area (Å²) in [6, 6.07) is 0. The topological polar surface area (TPSA) is 20.3 Å². The van der Waals surface area contributed by atoms with Crippen molar-refractivity contribution in [2.24, 2.45) is 5.41 Å². The molecular formula is C12H23NO. The van der Waals surface area contributed by atoms with Crippen LogP contribution in [0.25, 0.3) is 0 Å². The highest BCUT2D eigenvalue weighted by atomic mass is 16.1. The van der Waals surface area contributed by atoms with Crippen molar-refractivity contribution in [3.63, 3.8) is 0 Å². The van der Waals surface area contributed by atoms with Crippen molar-refractivity contribution in [2.75, 3.05) is 19.6 Å². The van der Waals surface area contributed by atoms with Gasteiger partial charge in [-0.15, -0.1) is 0 Å². The first-order valence-corrected chi connectivity index (χ1v) is 5.71. The summed E-state index contributed by atoms with van der Waals surface area (Å²) in [7, 11) is 0. The first kappa shape index (κ1) is 11.7. The molecule has 0 aromatic rings. The SMILES string of the molecule is CC(=O)CCCCN1CCC(C)(C)C1. The fraction of sp³-hybridized carbons (Fsp3) is 0.917. The molecule has 0 bridgehead atoms. The minimum absolute atomic E-state index is 0.326. The Hall–Kier alpha value is -0.370. The molecule has 1 heterocycles. The highest BCUT2D eigenvalue weighted by Gasteiger charge is 2.28. The largest absolute Gasteiger partial charge is 0.303 e. The van der Waals surface area contributed by atoms with Crippen LogP contribution >= 0.6 is 0 Å². The van der Waals surface area contributed by atoms with E-state index < -0.39 is 0 Å². The quantitative estimate of drug-likeness (QED) is 0.631. The summed E-state index contributed by atoms with van der Waals surface area (Å²) in [6.07, 6.45) is 4.32. The Labute approximate surface area is 87.7 Å². The molecule has 0 N–H and O–H groups in total. The summed E-state index contributed by atoms with van der Waals surface area (Å²) in [5.74, 6) is 0.326. The van der Waals surface area contributed by atoms with Crippen molar-refractivity contribution in [1.82, 2.24) is 4.90 Å². The van der Waals surface area contributed by atoms with Crippen LogP contribution in [-0.2, 0) is 4.79 Å². The molecule has 82 valence electrons. The van der Waals surface area contributed by atoms with Gasteiger partial charge in [-0.25, -0.2) is 0 Å². The maximum absolute atomic E-state index is 10.7. The van der Waals surface area contributed by atoms with Gasteiger partial charge in [-0.1, -0.05) is 13.8 Å². The van der Waals surface area contributed by atoms with Crippen LogP contribution in [0.15, 0.2) is 0 Å². The lowest BCUT2D eigenvalue weighted by molar-refractivity contribution is -0.117. The number of hydrogen-bond donors (Lipinski definition) is 0. The van der Waals surface area contributed by atoms with E-state index in [2.05, 4.69) is 18.7 Å². The maximum Gasteiger partial charge on any atom is 0.129 e. The van der Waals surface area contributed by atoms with Crippen molar-refractivity contribution >= 4 is 5.78 Å². The van der Waals surface area contributed by atoms with Crippen LogP contribution in [-0.4, -0.2) is 30.3 Å². The highest BCUT2D eigenvalue weighted by Crippen LogP contribution is 2.28. The van der Waals surface area contributed by atoms with Crippen molar-refractivity contribution in [3.8, 4) is 0 Å². The number of Topliss-reactive ketones (excluding diaryl/α,β-unsaturated/α-hetero) is 1. The van der Waals surface area contributed by atoms with Gasteiger partial charge < -0.3 is 9.69 Å². The number of carbonyl (C=O) groups is 1. The van der Waals surface area contributed by atoms with E-state index in [4.69, 9.17) is 0 Å². The summed E-state index contributed by atoms with van der Waals surface area (Å²) in [5.41, 5.74) is 0.514. The lowest BCUT2D eigenvalue weighted by Crippen LogP contribution is -2.24. The van der Waals surface area contributed by atoms with Gasteiger partial charge in [0.15, 0.2) is 0 Å². The summed E-state index contributed by atoms with van der Waals surface area (Å²) in [4.78, 5) is 13.3. The molecule has 0 atom stereocenters. The van der Waals surface area contributed by atoms with Crippen LogP contribution in [0.5, 0.6) is 0 Å². The monoisotopic (exact) mass is 197 g/mol. The second-order valence-corrected chi connectivity index (χ2v) is 5.35. The van der Waals surface area contributed by atoms with Crippen molar-refractivity contribution in [3.05, 3.63) is 0 Å². The molecule has 0 amide bonds. The van der Waals surface area contributed by atoms with Gasteiger partial charge in [0.25, 0.3) is 0 Å². The molecule has 1 fully saturated rings. The molecule has 0 radical (unpaired) electrons. The van der Waals surface area contributed by atoms with Crippen molar-refractivity contribution in [2.45, 2.75) is 46.5 Å². The molecule has 0 spiro atoms. The summed E-state index contributed by atoms with van der Waals surface area (Å²) in [5, 5.41) is 0. The van der Waals surface area contributed by atoms with Crippen molar-refractivity contribution in [1.29, 1.82) is 0 Å². The molecule has 2 nitrogen and oxygen atoms in total. The van der Waals surface area contributed by atoms with E-state index in [1.165, 1.54) is 32.5 Å². The molecule has 1 aliphatic heterocycles. The van der Waals surface area contributed by atoms with Crippen LogP contribution in [0.3, 0.4) is 0 Å². The van der Waals surface area contributed by atoms with E-state index in [0.717, 1.165) is 12.8 Å². The van der Waals surface area contributed by atoms with E-state index in [1.54, 1.807) is 6.92 Å². The molecule has 0 aliphatic carbocycles. The van der Waals surface area contributed by atoms with Gasteiger partial charge in [0.2, 0.25) is 0 Å². The zero-order valence-corrected chi connectivity index (χ0v) is 9.81. The number of unbranched alkanes of at least 4 members (excludes halogenated alkanes) is 1. The zero-order valence-electron chi connectivity index (χ0n) is 9.81. The zero-order chi connectivity index (χ0) is 10.6. The summed E-state index contributed by atoms with van der Waals surface area (Å²) < 4.78 is 0. The summed E-state index contributed by atoms with van der Waals surface area (Å²) in [6.45, 7) is 10.0. The molecule has 14 heavy (non-hydrogen) atoms. The van der Waals surface area contributed by atoms with E-state index in [9.17, 15) is 4.79 Å². The van der Waals surface area contributed by atoms with Crippen LogP contribution < -0.4 is 0 Å². The van der Waals surface area contributed by atoms with Gasteiger partial charge in [-0.2, -0.15) is 0 Å². The third kappa shape index (κ3) is 4.23. The molecule has 2 heteroatoms. The fourth-order valence-electron chi connectivity index (χ4n) is 2.12. The standard InChI is InChI=1S/C12H23NO/c1-11(14)6-4-5-8-13-9-7-12(2,3)10-13/h4-10H2,1-3H3. The molecular weight excluding hydrogens is 174 g/mol. The first-order valence-electron chi connectivity index (χ1n) is 5.71. The number of carbonyl (C=O) groups excluding carboxylic acids is 1. The maximum atomic E-state index is 10.7. The van der Waals surface area contributed by atoms with Gasteiger partial charge in [0, 0.05) is 13.0 Å². The first-order chi connectivity index (χ1) is 6.49. The normalized spacial score (nSPS) is 21.4. The fourth-order valence-corrected chi connectivity index (χ4v) is 2.12. The number of hydrogen-bond acceptors (Lipinski definition) is 2. The van der Waals surface area contributed by atoms with E-state index in [-0.39, 0.29) is 0 Å². The highest BCUT2D eigenvalue weighted by molar-refractivity contribution is 5.75. The van der Waals surface area contributed by atoms with Gasteiger partial charge in [0.1, 0.15) is 5.78 Å². The Morgan fingerprint density at radius 1 is 1.36 bits per heavy atom. The minimum atomic E-state index is 0.326. The van der Waals surface area contributed by atoms with Gasteiger partial charge >= 0.3 is 0 Å². The van der Waals surface area contributed by atoms with Crippen LogP contribution in [0.2, 0.25) is 0 Å². The van der Waals surface area contributed by atoms with E-state index in [1.807, 2.05) is 0 Å². The molecule has 0 unspecified atom stereocenters. The Balaban J connectivity index is 2.06. The Morgan fingerprint density at radius 3 is 2.57 bits per heavy atom. The lowest BCUT2D eigenvalue weighted by Gasteiger charge is -2.19. The number of likely N-dealkylation sites (tertiary alicyclic amines) is 1. The predicted molar refractivity (Wildman–Crippen MR) is 59.4 cm³/mol. The molecule has 0 aromatic heterocycles. The molecule has 0 saturated carbocycles. The second-order valence-electron chi connectivity index (χ2n) is 5.35. The molecule has 0 aromatic carbocycles. The van der Waals surface area contributed by atoms with Crippen LogP contribution in [0.4, 0.5) is 0 Å². The van der Waals surface area contributed by atoms with Gasteiger partial charge in [0.05, 0.1) is 0 Å².